The molecule has 2 rings (SSSR count). The van der Waals surface area contributed by atoms with Gasteiger partial charge < -0.3 is 10.5 Å². The number of benzene rings is 1. The summed E-state index contributed by atoms with van der Waals surface area (Å²) in [6.07, 6.45) is 1.71. The summed E-state index contributed by atoms with van der Waals surface area (Å²) in [4.78, 5) is -0.877. The van der Waals surface area contributed by atoms with E-state index in [-0.39, 0.29) is 19.2 Å². The fourth-order valence-corrected chi connectivity index (χ4v) is 4.01. The average molecular weight is 334 g/mol. The molecule has 0 aliphatic carbocycles. The SMILES string of the molecule is NCCCOC1CCN(S(=O)(=O)c2c(F)cccc2F)CC1. The van der Waals surface area contributed by atoms with E-state index in [2.05, 4.69) is 0 Å². The Hall–Kier alpha value is -1.09. The monoisotopic (exact) mass is 334 g/mol. The molecule has 1 aliphatic heterocycles. The van der Waals surface area contributed by atoms with Crippen molar-refractivity contribution in [2.45, 2.75) is 30.3 Å². The summed E-state index contributed by atoms with van der Waals surface area (Å²) < 4.78 is 58.9. The fraction of sp³-hybridized carbons (Fsp3) is 0.571. The van der Waals surface area contributed by atoms with Crippen LogP contribution in [-0.2, 0) is 14.8 Å². The Kier molecular flexibility index (Phi) is 5.85. The van der Waals surface area contributed by atoms with E-state index in [1.54, 1.807) is 0 Å². The molecule has 22 heavy (non-hydrogen) atoms. The Balaban J connectivity index is 2.04. The largest absolute Gasteiger partial charge is 0.378 e. The molecular weight excluding hydrogens is 314 g/mol. The van der Waals surface area contributed by atoms with Crippen LogP contribution in [-0.4, -0.2) is 45.1 Å². The number of rotatable bonds is 6. The van der Waals surface area contributed by atoms with E-state index < -0.39 is 26.6 Å². The highest BCUT2D eigenvalue weighted by molar-refractivity contribution is 7.89. The summed E-state index contributed by atoms with van der Waals surface area (Å²) in [6.45, 7) is 1.45. The third kappa shape index (κ3) is 3.81. The van der Waals surface area contributed by atoms with Crippen LogP contribution in [0.2, 0.25) is 0 Å². The third-order valence-corrected chi connectivity index (χ3v) is 5.57. The van der Waals surface area contributed by atoms with Gasteiger partial charge in [0.2, 0.25) is 10.0 Å². The number of sulfonamides is 1. The van der Waals surface area contributed by atoms with Gasteiger partial charge in [0.25, 0.3) is 0 Å². The van der Waals surface area contributed by atoms with Gasteiger partial charge in [-0.25, -0.2) is 17.2 Å². The Morgan fingerprint density at radius 3 is 2.36 bits per heavy atom. The van der Waals surface area contributed by atoms with Crippen LogP contribution in [0.15, 0.2) is 23.1 Å². The lowest BCUT2D eigenvalue weighted by molar-refractivity contribution is 0.0208. The van der Waals surface area contributed by atoms with Gasteiger partial charge in [-0.1, -0.05) is 6.07 Å². The van der Waals surface area contributed by atoms with Crippen LogP contribution in [0.5, 0.6) is 0 Å². The van der Waals surface area contributed by atoms with E-state index in [9.17, 15) is 17.2 Å². The second-order valence-electron chi connectivity index (χ2n) is 5.17. The van der Waals surface area contributed by atoms with Gasteiger partial charge in [-0.2, -0.15) is 4.31 Å². The molecule has 1 aliphatic rings. The maximum absolute atomic E-state index is 13.7. The minimum Gasteiger partial charge on any atom is -0.378 e. The predicted octanol–water partition coefficient (Wildman–Crippen LogP) is 1.48. The summed E-state index contributed by atoms with van der Waals surface area (Å²) in [5, 5.41) is 0. The van der Waals surface area contributed by atoms with Gasteiger partial charge in [-0.05, 0) is 37.9 Å². The number of nitrogens with two attached hydrogens (primary N) is 1. The number of piperidine rings is 1. The van der Waals surface area contributed by atoms with Crippen molar-refractivity contribution in [2.75, 3.05) is 26.2 Å². The smallest absolute Gasteiger partial charge is 0.248 e. The minimum atomic E-state index is -4.16. The second kappa shape index (κ2) is 7.45. The number of hydrogen-bond donors (Lipinski definition) is 1. The molecule has 8 heteroatoms. The molecule has 2 N–H and O–H groups in total. The first kappa shape index (κ1) is 17.3. The molecule has 1 fully saturated rings. The summed E-state index contributed by atoms with van der Waals surface area (Å²) in [5.41, 5.74) is 5.38. The van der Waals surface area contributed by atoms with Crippen molar-refractivity contribution in [3.63, 3.8) is 0 Å². The summed E-state index contributed by atoms with van der Waals surface area (Å²) in [7, 11) is -4.16. The molecule has 0 saturated carbocycles. The third-order valence-electron chi connectivity index (χ3n) is 3.62. The van der Waals surface area contributed by atoms with E-state index in [0.29, 0.717) is 26.0 Å². The van der Waals surface area contributed by atoms with Crippen molar-refractivity contribution in [2.24, 2.45) is 5.73 Å². The molecule has 0 unspecified atom stereocenters. The van der Waals surface area contributed by atoms with Crippen molar-refractivity contribution in [1.29, 1.82) is 0 Å². The van der Waals surface area contributed by atoms with Crippen LogP contribution < -0.4 is 5.73 Å². The van der Waals surface area contributed by atoms with Crippen molar-refractivity contribution >= 4 is 10.0 Å². The van der Waals surface area contributed by atoms with Gasteiger partial charge in [-0.15, -0.1) is 0 Å². The molecule has 0 spiro atoms. The Bertz CT molecular complexity index is 582. The van der Waals surface area contributed by atoms with Gasteiger partial charge in [0.1, 0.15) is 11.6 Å². The van der Waals surface area contributed by atoms with Crippen molar-refractivity contribution in [3.8, 4) is 0 Å². The molecule has 0 bridgehead atoms. The zero-order valence-electron chi connectivity index (χ0n) is 12.2. The first-order valence-corrected chi connectivity index (χ1v) is 8.66. The predicted molar refractivity (Wildman–Crippen MR) is 77.8 cm³/mol. The summed E-state index contributed by atoms with van der Waals surface area (Å²) in [5.74, 6) is -2.14. The molecule has 5 nitrogen and oxygen atoms in total. The Morgan fingerprint density at radius 2 is 1.82 bits per heavy atom. The van der Waals surface area contributed by atoms with Crippen molar-refractivity contribution < 1.29 is 21.9 Å². The molecular formula is C14H20F2N2O3S. The van der Waals surface area contributed by atoms with Gasteiger partial charge in [0.05, 0.1) is 6.10 Å². The number of halogens is 2. The van der Waals surface area contributed by atoms with E-state index in [1.807, 2.05) is 0 Å². The Labute approximate surface area is 129 Å². The molecule has 1 heterocycles. The summed E-state index contributed by atoms with van der Waals surface area (Å²) in [6, 6.07) is 3.03. The zero-order chi connectivity index (χ0) is 16.2. The highest BCUT2D eigenvalue weighted by Crippen LogP contribution is 2.26. The highest BCUT2D eigenvalue weighted by Gasteiger charge is 2.33. The first-order chi connectivity index (χ1) is 10.5. The summed E-state index contributed by atoms with van der Waals surface area (Å²) >= 11 is 0. The molecule has 0 aromatic heterocycles. The van der Waals surface area contributed by atoms with E-state index in [1.165, 1.54) is 0 Å². The fourth-order valence-electron chi connectivity index (χ4n) is 2.43. The minimum absolute atomic E-state index is 0.0385. The Morgan fingerprint density at radius 1 is 1.23 bits per heavy atom. The van der Waals surface area contributed by atoms with Gasteiger partial charge in [-0.3, -0.25) is 0 Å². The molecule has 0 atom stereocenters. The standard InChI is InChI=1S/C14H20F2N2O3S/c15-12-3-1-4-13(16)14(12)22(19,20)18-8-5-11(6-9-18)21-10-2-7-17/h1,3-4,11H,2,5-10,17H2. The molecule has 1 aromatic rings. The first-order valence-electron chi connectivity index (χ1n) is 7.22. The quantitative estimate of drug-likeness (QED) is 0.800. The van der Waals surface area contributed by atoms with Crippen LogP contribution in [0.4, 0.5) is 8.78 Å². The molecule has 0 amide bonds. The molecule has 1 saturated heterocycles. The lowest BCUT2D eigenvalue weighted by Crippen LogP contribution is -2.41. The lowest BCUT2D eigenvalue weighted by atomic mass is 10.1. The van der Waals surface area contributed by atoms with Crippen molar-refractivity contribution in [3.05, 3.63) is 29.8 Å². The highest BCUT2D eigenvalue weighted by atomic mass is 32.2. The maximum atomic E-state index is 13.7. The van der Waals surface area contributed by atoms with E-state index >= 15 is 0 Å². The second-order valence-corrected chi connectivity index (χ2v) is 7.04. The number of hydrogen-bond acceptors (Lipinski definition) is 4. The zero-order valence-corrected chi connectivity index (χ0v) is 13.0. The average Bonchev–Trinajstić information content (AvgIpc) is 2.47. The van der Waals surface area contributed by atoms with E-state index in [0.717, 1.165) is 28.9 Å². The van der Waals surface area contributed by atoms with Crippen LogP contribution >= 0.6 is 0 Å². The van der Waals surface area contributed by atoms with Gasteiger partial charge in [0, 0.05) is 19.7 Å². The number of ether oxygens (including phenoxy) is 1. The number of nitrogens with zero attached hydrogens (tertiary/aromatic N) is 1. The topological polar surface area (TPSA) is 72.6 Å². The van der Waals surface area contributed by atoms with Crippen LogP contribution in [0.1, 0.15) is 19.3 Å². The molecule has 0 radical (unpaired) electrons. The van der Waals surface area contributed by atoms with Crippen LogP contribution in [0, 0.1) is 11.6 Å². The van der Waals surface area contributed by atoms with Crippen LogP contribution in [0.25, 0.3) is 0 Å². The van der Waals surface area contributed by atoms with Crippen molar-refractivity contribution in [1.82, 2.24) is 4.31 Å². The molecule has 124 valence electrons. The maximum Gasteiger partial charge on any atom is 0.248 e. The van der Waals surface area contributed by atoms with Gasteiger partial charge >= 0.3 is 0 Å². The van der Waals surface area contributed by atoms with Crippen LogP contribution in [0.3, 0.4) is 0 Å². The lowest BCUT2D eigenvalue weighted by Gasteiger charge is -2.31. The van der Waals surface area contributed by atoms with Gasteiger partial charge in [0.15, 0.2) is 4.90 Å². The molecule has 1 aromatic carbocycles. The normalized spacial score (nSPS) is 17.8. The van der Waals surface area contributed by atoms with E-state index in [4.69, 9.17) is 10.5 Å².